The Morgan fingerprint density at radius 3 is 3.33 bits per heavy atom. The molecule has 4 nitrogen and oxygen atoms in total. The van der Waals surface area contributed by atoms with Gasteiger partial charge in [-0.25, -0.2) is 4.68 Å². The van der Waals surface area contributed by atoms with Crippen molar-refractivity contribution in [3.63, 3.8) is 0 Å². The lowest BCUT2D eigenvalue weighted by Crippen LogP contribution is -2.24. The van der Waals surface area contributed by atoms with Crippen LogP contribution >= 0.6 is 0 Å². The monoisotopic (exact) mass is 165 g/mol. The number of Topliss-reactive ketones (excluding diaryl/α,β-unsaturated/α-hetero) is 1. The molecule has 64 valence electrons. The third kappa shape index (κ3) is 1.03. The Balaban J connectivity index is 2.37. The van der Waals surface area contributed by atoms with Gasteiger partial charge in [0.05, 0.1) is 11.9 Å². The molecule has 1 aromatic rings. The van der Waals surface area contributed by atoms with Crippen molar-refractivity contribution in [1.82, 2.24) is 15.0 Å². The summed E-state index contributed by atoms with van der Waals surface area (Å²) in [4.78, 5) is 11.2. The SMILES string of the molecule is CC(=O)C1CCCc2cnnn21. The minimum Gasteiger partial charge on any atom is -0.298 e. The maximum atomic E-state index is 11.2. The molecular weight excluding hydrogens is 154 g/mol. The molecule has 0 aromatic carbocycles. The summed E-state index contributed by atoms with van der Waals surface area (Å²) in [5.41, 5.74) is 1.08. The lowest BCUT2D eigenvalue weighted by molar-refractivity contribution is -0.120. The van der Waals surface area contributed by atoms with Gasteiger partial charge in [0.15, 0.2) is 5.78 Å². The maximum absolute atomic E-state index is 11.2. The molecule has 1 aliphatic rings. The van der Waals surface area contributed by atoms with Gasteiger partial charge >= 0.3 is 0 Å². The lowest BCUT2D eigenvalue weighted by Gasteiger charge is -2.20. The predicted molar refractivity (Wildman–Crippen MR) is 42.7 cm³/mol. The first-order valence-electron chi connectivity index (χ1n) is 4.18. The number of nitrogens with zero attached hydrogens (tertiary/aromatic N) is 3. The average molecular weight is 165 g/mol. The van der Waals surface area contributed by atoms with Gasteiger partial charge in [0.2, 0.25) is 0 Å². The van der Waals surface area contributed by atoms with Crippen molar-refractivity contribution in [1.29, 1.82) is 0 Å². The van der Waals surface area contributed by atoms with Gasteiger partial charge in [-0.3, -0.25) is 4.79 Å². The van der Waals surface area contributed by atoms with E-state index >= 15 is 0 Å². The van der Waals surface area contributed by atoms with Crippen LogP contribution in [-0.2, 0) is 11.2 Å². The van der Waals surface area contributed by atoms with Crippen LogP contribution in [0.25, 0.3) is 0 Å². The molecule has 0 saturated heterocycles. The number of carbonyl (C=O) groups is 1. The van der Waals surface area contributed by atoms with E-state index in [4.69, 9.17) is 0 Å². The Hall–Kier alpha value is -1.19. The van der Waals surface area contributed by atoms with Gasteiger partial charge in [-0.15, -0.1) is 5.10 Å². The third-order valence-corrected chi connectivity index (χ3v) is 2.32. The first-order chi connectivity index (χ1) is 5.79. The van der Waals surface area contributed by atoms with E-state index in [0.717, 1.165) is 25.0 Å². The van der Waals surface area contributed by atoms with Gasteiger partial charge in [-0.1, -0.05) is 5.21 Å². The second-order valence-corrected chi connectivity index (χ2v) is 3.19. The zero-order chi connectivity index (χ0) is 8.55. The number of aromatic nitrogens is 3. The number of rotatable bonds is 1. The fraction of sp³-hybridized carbons (Fsp3) is 0.625. The molecule has 0 amide bonds. The Kier molecular flexibility index (Phi) is 1.67. The van der Waals surface area contributed by atoms with Gasteiger partial charge in [0.25, 0.3) is 0 Å². The highest BCUT2D eigenvalue weighted by molar-refractivity contribution is 5.80. The fourth-order valence-electron chi connectivity index (χ4n) is 1.68. The van der Waals surface area contributed by atoms with Crippen molar-refractivity contribution >= 4 is 5.78 Å². The number of ketones is 1. The predicted octanol–water partition coefficient (Wildman–Crippen LogP) is 0.744. The van der Waals surface area contributed by atoms with E-state index in [-0.39, 0.29) is 11.8 Å². The summed E-state index contributed by atoms with van der Waals surface area (Å²) in [5.74, 6) is 0.182. The van der Waals surface area contributed by atoms with E-state index in [0.29, 0.717) is 0 Å². The Labute approximate surface area is 70.6 Å². The number of fused-ring (bicyclic) bond motifs is 1. The van der Waals surface area contributed by atoms with E-state index in [1.807, 2.05) is 0 Å². The van der Waals surface area contributed by atoms with Crippen LogP contribution in [-0.4, -0.2) is 20.8 Å². The van der Waals surface area contributed by atoms with Crippen LogP contribution in [0.5, 0.6) is 0 Å². The summed E-state index contributed by atoms with van der Waals surface area (Å²) in [6, 6.07) is -0.0590. The first-order valence-corrected chi connectivity index (χ1v) is 4.18. The molecule has 0 aliphatic carbocycles. The molecule has 1 atom stereocenters. The van der Waals surface area contributed by atoms with Crippen LogP contribution < -0.4 is 0 Å². The molecule has 0 bridgehead atoms. The molecule has 0 fully saturated rings. The molecule has 0 N–H and O–H groups in total. The van der Waals surface area contributed by atoms with Gasteiger partial charge in [0, 0.05) is 0 Å². The van der Waals surface area contributed by atoms with Gasteiger partial charge in [-0.2, -0.15) is 0 Å². The van der Waals surface area contributed by atoms with Crippen molar-refractivity contribution in [3.05, 3.63) is 11.9 Å². The third-order valence-electron chi connectivity index (χ3n) is 2.32. The average Bonchev–Trinajstić information content (AvgIpc) is 2.49. The molecule has 2 heterocycles. The minimum atomic E-state index is -0.0590. The number of aryl methyl sites for hydroxylation is 1. The smallest absolute Gasteiger partial charge is 0.154 e. The summed E-state index contributed by atoms with van der Waals surface area (Å²) in [6.07, 6.45) is 4.72. The topological polar surface area (TPSA) is 47.8 Å². The Morgan fingerprint density at radius 1 is 1.75 bits per heavy atom. The summed E-state index contributed by atoms with van der Waals surface area (Å²) in [6.45, 7) is 1.61. The first kappa shape index (κ1) is 7.46. The van der Waals surface area contributed by atoms with Crippen LogP contribution in [0, 0.1) is 0 Å². The zero-order valence-corrected chi connectivity index (χ0v) is 7.03. The lowest BCUT2D eigenvalue weighted by atomic mass is 10.0. The second kappa shape index (κ2) is 2.69. The van der Waals surface area contributed by atoms with Gasteiger partial charge in [-0.05, 0) is 26.2 Å². The van der Waals surface area contributed by atoms with E-state index < -0.39 is 0 Å². The standard InChI is InChI=1S/C8H11N3O/c1-6(12)8-4-2-3-7-5-9-10-11(7)8/h5,8H,2-4H2,1H3. The van der Waals surface area contributed by atoms with E-state index in [2.05, 4.69) is 10.3 Å². The molecule has 1 aromatic heterocycles. The molecule has 1 aliphatic heterocycles. The Bertz CT molecular complexity index is 305. The second-order valence-electron chi connectivity index (χ2n) is 3.19. The molecule has 0 saturated carbocycles. The molecular formula is C8H11N3O. The summed E-state index contributed by atoms with van der Waals surface area (Å²) in [7, 11) is 0. The van der Waals surface area contributed by atoms with Crippen molar-refractivity contribution < 1.29 is 4.79 Å². The molecule has 0 radical (unpaired) electrons. The molecule has 2 rings (SSSR count). The normalized spacial score (nSPS) is 21.9. The summed E-state index contributed by atoms with van der Waals surface area (Å²) in [5, 5.41) is 7.70. The van der Waals surface area contributed by atoms with Crippen molar-refractivity contribution in [2.24, 2.45) is 0 Å². The maximum Gasteiger partial charge on any atom is 0.154 e. The van der Waals surface area contributed by atoms with Crippen molar-refractivity contribution in [2.75, 3.05) is 0 Å². The van der Waals surface area contributed by atoms with Gasteiger partial charge in [0.1, 0.15) is 6.04 Å². The highest BCUT2D eigenvalue weighted by atomic mass is 16.1. The number of carbonyl (C=O) groups excluding carboxylic acids is 1. The van der Waals surface area contributed by atoms with Gasteiger partial charge < -0.3 is 0 Å². The molecule has 0 spiro atoms. The van der Waals surface area contributed by atoms with Crippen molar-refractivity contribution in [3.8, 4) is 0 Å². The van der Waals surface area contributed by atoms with Crippen LogP contribution in [0.4, 0.5) is 0 Å². The molecule has 4 heteroatoms. The summed E-state index contributed by atoms with van der Waals surface area (Å²) < 4.78 is 1.76. The van der Waals surface area contributed by atoms with Crippen LogP contribution in [0.15, 0.2) is 6.20 Å². The molecule has 1 unspecified atom stereocenters. The van der Waals surface area contributed by atoms with Crippen LogP contribution in [0.2, 0.25) is 0 Å². The van der Waals surface area contributed by atoms with E-state index in [1.165, 1.54) is 0 Å². The largest absolute Gasteiger partial charge is 0.298 e. The van der Waals surface area contributed by atoms with Crippen LogP contribution in [0.1, 0.15) is 31.5 Å². The van der Waals surface area contributed by atoms with Crippen LogP contribution in [0.3, 0.4) is 0 Å². The number of hydrogen-bond donors (Lipinski definition) is 0. The van der Waals surface area contributed by atoms with E-state index in [9.17, 15) is 4.79 Å². The number of hydrogen-bond acceptors (Lipinski definition) is 3. The molecule has 12 heavy (non-hydrogen) atoms. The minimum absolute atomic E-state index is 0.0590. The highest BCUT2D eigenvalue weighted by Crippen LogP contribution is 2.23. The fourth-order valence-corrected chi connectivity index (χ4v) is 1.68. The highest BCUT2D eigenvalue weighted by Gasteiger charge is 2.23. The Morgan fingerprint density at radius 2 is 2.58 bits per heavy atom. The quantitative estimate of drug-likeness (QED) is 0.616. The summed E-state index contributed by atoms with van der Waals surface area (Å²) >= 11 is 0. The zero-order valence-electron chi connectivity index (χ0n) is 7.03. The van der Waals surface area contributed by atoms with E-state index in [1.54, 1.807) is 17.8 Å². The van der Waals surface area contributed by atoms with Crippen molar-refractivity contribution in [2.45, 2.75) is 32.2 Å².